The number of carbonyl (C=O) groups excluding carboxylic acids is 1. The summed E-state index contributed by atoms with van der Waals surface area (Å²) in [5.41, 5.74) is 1.78. The molecule has 162 valence electrons. The molecule has 0 fully saturated rings. The number of para-hydroxylation sites is 2. The first-order chi connectivity index (χ1) is 14.9. The van der Waals surface area contributed by atoms with E-state index in [-0.39, 0.29) is 10.5 Å². The van der Waals surface area contributed by atoms with E-state index in [4.69, 9.17) is 0 Å². The Morgan fingerprint density at radius 2 is 1.35 bits per heavy atom. The minimum absolute atomic E-state index is 0.0137. The molecule has 0 atom stereocenters. The molecule has 31 heavy (non-hydrogen) atoms. The topological polar surface area (TPSA) is 69.7 Å². The minimum atomic E-state index is -3.88. The quantitative estimate of drug-likeness (QED) is 0.518. The molecule has 0 unspecified atom stereocenters. The smallest absolute Gasteiger partial charge is 0.264 e. The fourth-order valence-electron chi connectivity index (χ4n) is 3.23. The van der Waals surface area contributed by atoms with E-state index in [2.05, 4.69) is 10.2 Å². The van der Waals surface area contributed by atoms with Gasteiger partial charge in [0.05, 0.1) is 11.3 Å². The normalized spacial score (nSPS) is 11.0. The maximum atomic E-state index is 13.2. The van der Waals surface area contributed by atoms with Gasteiger partial charge in [-0.3, -0.25) is 9.10 Å². The van der Waals surface area contributed by atoms with Crippen LogP contribution < -0.4 is 14.5 Å². The van der Waals surface area contributed by atoms with Crippen molar-refractivity contribution in [2.24, 2.45) is 0 Å². The summed E-state index contributed by atoms with van der Waals surface area (Å²) >= 11 is 0. The van der Waals surface area contributed by atoms with Crippen LogP contribution in [0.1, 0.15) is 16.8 Å². The van der Waals surface area contributed by atoms with Crippen molar-refractivity contribution in [2.75, 3.05) is 36.4 Å². The van der Waals surface area contributed by atoms with Crippen LogP contribution in [-0.2, 0) is 10.0 Å². The number of rotatable bonds is 9. The molecule has 0 aliphatic carbocycles. The van der Waals surface area contributed by atoms with Crippen LogP contribution in [-0.4, -0.2) is 41.5 Å². The predicted octanol–water partition coefficient (Wildman–Crippen LogP) is 3.77. The number of hydrogen-bond donors (Lipinski definition) is 1. The number of hydrogen-bond acceptors (Lipinski definition) is 4. The lowest BCUT2D eigenvalue weighted by molar-refractivity contribution is 0.0950. The number of nitrogens with one attached hydrogen (secondary N) is 1. The maximum absolute atomic E-state index is 13.2. The maximum Gasteiger partial charge on any atom is 0.264 e. The van der Waals surface area contributed by atoms with Gasteiger partial charge in [-0.25, -0.2) is 8.42 Å². The molecule has 7 heteroatoms. The highest BCUT2D eigenvalue weighted by molar-refractivity contribution is 7.92. The van der Waals surface area contributed by atoms with Crippen molar-refractivity contribution in [3.8, 4) is 0 Å². The SMILES string of the molecule is CN(CCCNC(=O)c1ccccc1S(=O)(=O)N(C)c1ccccc1)c1ccccc1. The molecular weight excluding hydrogens is 410 g/mol. The van der Waals surface area contributed by atoms with Crippen LogP contribution in [0.25, 0.3) is 0 Å². The first kappa shape index (κ1) is 22.4. The average molecular weight is 438 g/mol. The summed E-state index contributed by atoms with van der Waals surface area (Å²) in [6, 6.07) is 25.1. The van der Waals surface area contributed by atoms with E-state index in [0.717, 1.165) is 18.7 Å². The number of sulfonamides is 1. The lowest BCUT2D eigenvalue weighted by Crippen LogP contribution is -2.32. The summed E-state index contributed by atoms with van der Waals surface area (Å²) in [7, 11) is -0.400. The first-order valence-corrected chi connectivity index (χ1v) is 11.5. The fourth-order valence-corrected chi connectivity index (χ4v) is 4.61. The number of anilines is 2. The highest BCUT2D eigenvalue weighted by Gasteiger charge is 2.26. The Morgan fingerprint density at radius 3 is 2.00 bits per heavy atom. The van der Waals surface area contributed by atoms with Gasteiger partial charge in [0.2, 0.25) is 0 Å². The number of amides is 1. The molecule has 0 spiro atoms. The summed E-state index contributed by atoms with van der Waals surface area (Å²) in [5, 5.41) is 2.85. The van der Waals surface area contributed by atoms with Gasteiger partial charge in [-0.05, 0) is 42.8 Å². The Hall–Kier alpha value is -3.32. The van der Waals surface area contributed by atoms with Crippen molar-refractivity contribution in [3.63, 3.8) is 0 Å². The Morgan fingerprint density at radius 1 is 0.806 bits per heavy atom. The van der Waals surface area contributed by atoms with Crippen LogP contribution in [0.5, 0.6) is 0 Å². The van der Waals surface area contributed by atoms with Crippen molar-refractivity contribution < 1.29 is 13.2 Å². The second kappa shape index (κ2) is 10.1. The fraction of sp³-hybridized carbons (Fsp3) is 0.208. The second-order valence-electron chi connectivity index (χ2n) is 7.17. The van der Waals surface area contributed by atoms with Crippen molar-refractivity contribution in [1.29, 1.82) is 0 Å². The molecule has 3 aromatic carbocycles. The van der Waals surface area contributed by atoms with Gasteiger partial charge >= 0.3 is 0 Å². The Bertz CT molecular complexity index is 1100. The highest BCUT2D eigenvalue weighted by Crippen LogP contribution is 2.24. The van der Waals surface area contributed by atoms with E-state index in [1.165, 1.54) is 23.5 Å². The molecule has 0 aliphatic heterocycles. The Kier molecular flexibility index (Phi) is 7.31. The van der Waals surface area contributed by atoms with Crippen LogP contribution in [0.2, 0.25) is 0 Å². The van der Waals surface area contributed by atoms with Gasteiger partial charge in [-0.2, -0.15) is 0 Å². The zero-order valence-corrected chi connectivity index (χ0v) is 18.5. The molecule has 0 aromatic heterocycles. The van der Waals surface area contributed by atoms with Crippen molar-refractivity contribution >= 4 is 27.3 Å². The molecule has 0 saturated carbocycles. The van der Waals surface area contributed by atoms with Gasteiger partial charge < -0.3 is 10.2 Å². The zero-order chi connectivity index (χ0) is 22.3. The molecule has 3 rings (SSSR count). The van der Waals surface area contributed by atoms with Crippen molar-refractivity contribution in [2.45, 2.75) is 11.3 Å². The monoisotopic (exact) mass is 437 g/mol. The number of carbonyl (C=O) groups is 1. The second-order valence-corrected chi connectivity index (χ2v) is 9.11. The first-order valence-electron chi connectivity index (χ1n) is 10.1. The van der Waals surface area contributed by atoms with Gasteiger partial charge in [0.15, 0.2) is 0 Å². The molecule has 3 aromatic rings. The molecule has 1 amide bonds. The summed E-state index contributed by atoms with van der Waals surface area (Å²) in [5.74, 6) is -0.400. The number of nitrogens with zero attached hydrogens (tertiary/aromatic N) is 2. The molecule has 0 aliphatic rings. The lowest BCUT2D eigenvalue weighted by atomic mass is 10.2. The summed E-state index contributed by atoms with van der Waals surface area (Å²) in [6.07, 6.45) is 0.732. The van der Waals surface area contributed by atoms with Crippen molar-refractivity contribution in [3.05, 3.63) is 90.5 Å². The Balaban J connectivity index is 1.66. The summed E-state index contributed by atoms with van der Waals surface area (Å²) in [4.78, 5) is 14.9. The van der Waals surface area contributed by atoms with E-state index in [9.17, 15) is 13.2 Å². The molecule has 0 bridgehead atoms. The largest absolute Gasteiger partial charge is 0.375 e. The lowest BCUT2D eigenvalue weighted by Gasteiger charge is -2.21. The molecular formula is C24H27N3O3S. The average Bonchev–Trinajstić information content (AvgIpc) is 2.82. The third kappa shape index (κ3) is 5.44. The van der Waals surface area contributed by atoms with E-state index in [1.807, 2.05) is 43.4 Å². The van der Waals surface area contributed by atoms with Crippen LogP contribution in [0, 0.1) is 0 Å². The van der Waals surface area contributed by atoms with E-state index < -0.39 is 15.9 Å². The zero-order valence-electron chi connectivity index (χ0n) is 17.7. The van der Waals surface area contributed by atoms with Crippen LogP contribution in [0.15, 0.2) is 89.8 Å². The van der Waals surface area contributed by atoms with Crippen LogP contribution in [0.3, 0.4) is 0 Å². The summed E-state index contributed by atoms with van der Waals surface area (Å²) < 4.78 is 27.5. The number of benzene rings is 3. The van der Waals surface area contributed by atoms with Crippen molar-refractivity contribution in [1.82, 2.24) is 5.32 Å². The van der Waals surface area contributed by atoms with E-state index in [0.29, 0.717) is 12.2 Å². The highest BCUT2D eigenvalue weighted by atomic mass is 32.2. The third-order valence-corrected chi connectivity index (χ3v) is 6.89. The van der Waals surface area contributed by atoms with Gasteiger partial charge in [0.1, 0.15) is 4.90 Å². The molecule has 1 N–H and O–H groups in total. The van der Waals surface area contributed by atoms with Gasteiger partial charge in [-0.15, -0.1) is 0 Å². The van der Waals surface area contributed by atoms with Crippen LogP contribution >= 0.6 is 0 Å². The standard InChI is InChI=1S/C24H27N3O3S/c1-26(20-12-5-3-6-13-20)19-11-18-25-24(28)22-16-9-10-17-23(22)31(29,30)27(2)21-14-7-4-8-15-21/h3-10,12-17H,11,18-19H2,1-2H3,(H,25,28). The minimum Gasteiger partial charge on any atom is -0.375 e. The molecule has 6 nitrogen and oxygen atoms in total. The van der Waals surface area contributed by atoms with Crippen LogP contribution in [0.4, 0.5) is 11.4 Å². The van der Waals surface area contributed by atoms with E-state index in [1.54, 1.807) is 36.4 Å². The third-order valence-electron chi connectivity index (χ3n) is 5.04. The van der Waals surface area contributed by atoms with Gasteiger partial charge in [0, 0.05) is 32.9 Å². The Labute approximate surface area is 184 Å². The molecule has 0 radical (unpaired) electrons. The van der Waals surface area contributed by atoms with Gasteiger partial charge in [-0.1, -0.05) is 48.5 Å². The summed E-state index contributed by atoms with van der Waals surface area (Å²) in [6.45, 7) is 1.21. The van der Waals surface area contributed by atoms with E-state index >= 15 is 0 Å². The molecule has 0 heterocycles. The molecule has 0 saturated heterocycles. The predicted molar refractivity (Wildman–Crippen MR) is 125 cm³/mol. The van der Waals surface area contributed by atoms with Gasteiger partial charge in [0.25, 0.3) is 15.9 Å².